The van der Waals surface area contributed by atoms with Gasteiger partial charge in [0.15, 0.2) is 0 Å². The maximum absolute atomic E-state index is 13.6. The first-order valence-electron chi connectivity index (χ1n) is 4.80. The third-order valence-corrected chi connectivity index (χ3v) is 3.43. The summed E-state index contributed by atoms with van der Waals surface area (Å²) in [5.74, 6) is -0.00324. The fourth-order valence-electron chi connectivity index (χ4n) is 2.65. The predicted octanol–water partition coefficient (Wildman–Crippen LogP) is 1.61. The van der Waals surface area contributed by atoms with E-state index in [0.29, 0.717) is 0 Å². The molecule has 1 aromatic rings. The van der Waals surface area contributed by atoms with Crippen LogP contribution in [0.4, 0.5) is 4.39 Å². The zero-order valence-electron chi connectivity index (χ0n) is 7.44. The summed E-state index contributed by atoms with van der Waals surface area (Å²) in [5.41, 5.74) is 2.37. The van der Waals surface area contributed by atoms with Crippen LogP contribution in [0.3, 0.4) is 0 Å². The monoisotopic (exact) mass is 177 g/mol. The molecule has 0 saturated carbocycles. The van der Waals surface area contributed by atoms with Crippen LogP contribution in [0.15, 0.2) is 18.2 Å². The molecule has 2 aliphatic rings. The first-order chi connectivity index (χ1) is 6.32. The van der Waals surface area contributed by atoms with Crippen LogP contribution in [0.1, 0.15) is 17.5 Å². The third-order valence-electron chi connectivity index (χ3n) is 3.43. The van der Waals surface area contributed by atoms with Gasteiger partial charge in [0.1, 0.15) is 5.82 Å². The van der Waals surface area contributed by atoms with Crippen molar-refractivity contribution in [1.29, 1.82) is 0 Å². The van der Waals surface area contributed by atoms with Gasteiger partial charge in [-0.3, -0.25) is 0 Å². The number of halogens is 1. The number of benzene rings is 1. The molecule has 0 unspecified atom stereocenters. The van der Waals surface area contributed by atoms with Crippen LogP contribution in [0.25, 0.3) is 0 Å². The third kappa shape index (κ3) is 0.841. The van der Waals surface area contributed by atoms with Crippen LogP contribution >= 0.6 is 0 Å². The van der Waals surface area contributed by atoms with E-state index < -0.39 is 0 Å². The first-order valence-corrected chi connectivity index (χ1v) is 4.80. The average Bonchev–Trinajstić information content (AvgIpc) is 2.44. The molecule has 1 aromatic carbocycles. The number of rotatable bonds is 0. The maximum Gasteiger partial charge on any atom is 0.127 e. The molecule has 13 heavy (non-hydrogen) atoms. The Balaban J connectivity index is 2.19. The van der Waals surface area contributed by atoms with Gasteiger partial charge in [-0.2, -0.15) is 0 Å². The summed E-state index contributed by atoms with van der Waals surface area (Å²) in [6.45, 7) is 1.92. The molecule has 0 radical (unpaired) electrons. The van der Waals surface area contributed by atoms with E-state index in [4.69, 9.17) is 0 Å². The lowest BCUT2D eigenvalue weighted by molar-refractivity contribution is 0.269. The highest BCUT2D eigenvalue weighted by atomic mass is 19.1. The molecule has 1 fully saturated rings. The van der Waals surface area contributed by atoms with Crippen LogP contribution in [0, 0.1) is 5.82 Å². The Morgan fingerprint density at radius 2 is 2.15 bits per heavy atom. The normalized spacial score (nSPS) is 22.8. The Labute approximate surface area is 77.0 Å². The molecule has 1 nitrogen and oxygen atoms in total. The largest absolute Gasteiger partial charge is 0.315 e. The average molecular weight is 177 g/mol. The highest BCUT2D eigenvalue weighted by Gasteiger charge is 2.45. The van der Waals surface area contributed by atoms with Gasteiger partial charge in [-0.05, 0) is 30.0 Å². The van der Waals surface area contributed by atoms with Crippen molar-refractivity contribution >= 4 is 0 Å². The van der Waals surface area contributed by atoms with Crippen molar-refractivity contribution in [2.24, 2.45) is 0 Å². The first kappa shape index (κ1) is 7.51. The van der Waals surface area contributed by atoms with Crippen LogP contribution in [-0.2, 0) is 11.8 Å². The van der Waals surface area contributed by atoms with Crippen molar-refractivity contribution < 1.29 is 4.39 Å². The van der Waals surface area contributed by atoms with Crippen LogP contribution in [-0.4, -0.2) is 13.1 Å². The minimum atomic E-state index is -0.00324. The lowest BCUT2D eigenvalue weighted by Gasteiger charge is -2.40. The fourth-order valence-corrected chi connectivity index (χ4v) is 2.65. The molecule has 1 aliphatic heterocycles. The number of fused-ring (bicyclic) bond motifs is 2. The van der Waals surface area contributed by atoms with Crippen molar-refractivity contribution in [2.75, 3.05) is 13.1 Å². The lowest BCUT2D eigenvalue weighted by atomic mass is 9.76. The van der Waals surface area contributed by atoms with Crippen molar-refractivity contribution in [2.45, 2.75) is 18.3 Å². The minimum absolute atomic E-state index is 0.00324. The quantitative estimate of drug-likeness (QED) is 0.635. The van der Waals surface area contributed by atoms with Crippen molar-refractivity contribution in [3.63, 3.8) is 0 Å². The standard InChI is InChI=1S/C11H12FN/c12-9-3-1-2-8-4-5-11(10(8)9)6-13-7-11/h1-3,13H,4-7H2. The second-order valence-electron chi connectivity index (χ2n) is 4.16. The van der Waals surface area contributed by atoms with Crippen molar-refractivity contribution in [3.05, 3.63) is 35.1 Å². The zero-order chi connectivity index (χ0) is 8.89. The number of nitrogens with one attached hydrogen (secondary N) is 1. The van der Waals surface area contributed by atoms with Crippen LogP contribution in [0.2, 0.25) is 0 Å². The van der Waals surface area contributed by atoms with E-state index in [0.717, 1.165) is 31.5 Å². The number of hydrogen-bond donors (Lipinski definition) is 1. The molecule has 1 heterocycles. The minimum Gasteiger partial charge on any atom is -0.315 e. The summed E-state index contributed by atoms with van der Waals surface area (Å²) >= 11 is 0. The van der Waals surface area contributed by atoms with E-state index in [1.54, 1.807) is 6.07 Å². The lowest BCUT2D eigenvalue weighted by Crippen LogP contribution is -2.55. The summed E-state index contributed by atoms with van der Waals surface area (Å²) in [5, 5.41) is 3.25. The highest BCUT2D eigenvalue weighted by Crippen LogP contribution is 2.42. The Bertz CT molecular complexity index is 355. The van der Waals surface area contributed by atoms with E-state index in [-0.39, 0.29) is 11.2 Å². The molecule has 68 valence electrons. The van der Waals surface area contributed by atoms with Gasteiger partial charge >= 0.3 is 0 Å². The molecule has 0 bridgehead atoms. The molecular formula is C11H12FN. The van der Waals surface area contributed by atoms with Crippen LogP contribution < -0.4 is 5.32 Å². The van der Waals surface area contributed by atoms with Gasteiger partial charge in [-0.1, -0.05) is 12.1 Å². The van der Waals surface area contributed by atoms with Gasteiger partial charge in [-0.25, -0.2) is 4.39 Å². The number of hydrogen-bond acceptors (Lipinski definition) is 1. The molecule has 2 heteroatoms. The van der Waals surface area contributed by atoms with Gasteiger partial charge in [0, 0.05) is 18.5 Å². The van der Waals surface area contributed by atoms with Crippen molar-refractivity contribution in [3.8, 4) is 0 Å². The van der Waals surface area contributed by atoms with Gasteiger partial charge in [0.25, 0.3) is 0 Å². The summed E-state index contributed by atoms with van der Waals surface area (Å²) in [4.78, 5) is 0. The molecule has 0 amide bonds. The summed E-state index contributed by atoms with van der Waals surface area (Å²) in [6, 6.07) is 5.47. The molecular weight excluding hydrogens is 165 g/mol. The molecule has 1 aliphatic carbocycles. The van der Waals surface area contributed by atoms with E-state index in [2.05, 4.69) is 11.4 Å². The Morgan fingerprint density at radius 1 is 1.31 bits per heavy atom. The second kappa shape index (κ2) is 2.32. The summed E-state index contributed by atoms with van der Waals surface area (Å²) in [7, 11) is 0. The molecule has 0 atom stereocenters. The zero-order valence-corrected chi connectivity index (χ0v) is 7.44. The predicted molar refractivity (Wildman–Crippen MR) is 49.3 cm³/mol. The van der Waals surface area contributed by atoms with E-state index in [1.807, 2.05) is 6.07 Å². The SMILES string of the molecule is Fc1cccc2c1C1(CC2)CNC1. The maximum atomic E-state index is 13.6. The van der Waals surface area contributed by atoms with E-state index in [1.165, 1.54) is 5.56 Å². The smallest absolute Gasteiger partial charge is 0.127 e. The van der Waals surface area contributed by atoms with Gasteiger partial charge in [0.05, 0.1) is 0 Å². The summed E-state index contributed by atoms with van der Waals surface area (Å²) in [6.07, 6.45) is 2.17. The van der Waals surface area contributed by atoms with Gasteiger partial charge < -0.3 is 5.32 Å². The molecule has 1 spiro atoms. The van der Waals surface area contributed by atoms with Gasteiger partial charge in [0.2, 0.25) is 0 Å². The topological polar surface area (TPSA) is 12.0 Å². The Morgan fingerprint density at radius 3 is 2.85 bits per heavy atom. The number of aryl methyl sites for hydroxylation is 1. The fraction of sp³-hybridized carbons (Fsp3) is 0.455. The molecule has 0 aromatic heterocycles. The van der Waals surface area contributed by atoms with Crippen LogP contribution in [0.5, 0.6) is 0 Å². The van der Waals surface area contributed by atoms with Crippen molar-refractivity contribution in [1.82, 2.24) is 5.32 Å². The Kier molecular flexibility index (Phi) is 1.34. The molecule has 3 rings (SSSR count). The van der Waals surface area contributed by atoms with E-state index >= 15 is 0 Å². The Hall–Kier alpha value is -0.890. The second-order valence-corrected chi connectivity index (χ2v) is 4.16. The van der Waals surface area contributed by atoms with E-state index in [9.17, 15) is 4.39 Å². The molecule has 1 N–H and O–H groups in total. The molecule has 1 saturated heterocycles. The van der Waals surface area contributed by atoms with Gasteiger partial charge in [-0.15, -0.1) is 0 Å². The highest BCUT2D eigenvalue weighted by molar-refractivity contribution is 5.43. The summed E-state index contributed by atoms with van der Waals surface area (Å²) < 4.78 is 13.6.